The molecule has 0 aliphatic rings. The molecule has 3 nitrogen and oxygen atoms in total. The lowest BCUT2D eigenvalue weighted by molar-refractivity contribution is -0.00959. The molecule has 1 N–H and O–H groups in total. The molecule has 0 spiro atoms. The molecular formula is C15H25NO2. The molecule has 0 amide bonds. The molecule has 3 heteroatoms. The van der Waals surface area contributed by atoms with Crippen molar-refractivity contribution in [1.29, 1.82) is 0 Å². The van der Waals surface area contributed by atoms with Crippen molar-refractivity contribution in [2.24, 2.45) is 0 Å². The molecule has 18 heavy (non-hydrogen) atoms. The highest BCUT2D eigenvalue weighted by molar-refractivity contribution is 5.47. The van der Waals surface area contributed by atoms with Crippen LogP contribution in [0.3, 0.4) is 0 Å². The van der Waals surface area contributed by atoms with E-state index in [4.69, 9.17) is 9.47 Å². The molecule has 1 rings (SSSR count). The van der Waals surface area contributed by atoms with E-state index in [0.29, 0.717) is 0 Å². The third kappa shape index (κ3) is 2.68. The quantitative estimate of drug-likeness (QED) is 0.872. The Labute approximate surface area is 110 Å². The molecule has 0 radical (unpaired) electrons. The van der Waals surface area contributed by atoms with E-state index < -0.39 is 0 Å². The van der Waals surface area contributed by atoms with Crippen molar-refractivity contribution in [3.05, 3.63) is 28.8 Å². The number of hydrogen-bond donors (Lipinski definition) is 1. The zero-order chi connectivity index (χ0) is 13.9. The highest BCUT2D eigenvalue weighted by Crippen LogP contribution is 2.36. The van der Waals surface area contributed by atoms with Crippen LogP contribution in [0, 0.1) is 13.8 Å². The molecule has 0 saturated carbocycles. The number of hydrogen-bond acceptors (Lipinski definition) is 3. The van der Waals surface area contributed by atoms with Gasteiger partial charge in [0.05, 0.1) is 18.8 Å². The SMILES string of the molecule is CNC(c1ccc(C)c(C)c1OC)C(C)(C)OC. The number of likely N-dealkylation sites (N-methyl/N-ethyl adjacent to an activating group) is 1. The van der Waals surface area contributed by atoms with Crippen LogP contribution in [-0.2, 0) is 4.74 Å². The molecular weight excluding hydrogens is 226 g/mol. The van der Waals surface area contributed by atoms with Gasteiger partial charge in [0, 0.05) is 12.7 Å². The first-order valence-electron chi connectivity index (χ1n) is 6.25. The van der Waals surface area contributed by atoms with Crippen LogP contribution in [-0.4, -0.2) is 26.9 Å². The zero-order valence-electron chi connectivity index (χ0n) is 12.5. The second-order valence-electron chi connectivity index (χ2n) is 5.16. The van der Waals surface area contributed by atoms with Gasteiger partial charge in [-0.1, -0.05) is 12.1 Å². The fraction of sp³-hybridized carbons (Fsp3) is 0.600. The molecule has 0 saturated heterocycles. The Kier molecular flexibility index (Phi) is 4.77. The average Bonchev–Trinajstić information content (AvgIpc) is 2.34. The van der Waals surface area contributed by atoms with Crippen LogP contribution in [0.4, 0.5) is 0 Å². The van der Waals surface area contributed by atoms with Crippen LogP contribution >= 0.6 is 0 Å². The van der Waals surface area contributed by atoms with Gasteiger partial charge < -0.3 is 14.8 Å². The van der Waals surface area contributed by atoms with E-state index in [-0.39, 0.29) is 11.6 Å². The molecule has 0 aromatic heterocycles. The molecule has 0 fully saturated rings. The number of ether oxygens (including phenoxy) is 2. The van der Waals surface area contributed by atoms with E-state index in [1.807, 2.05) is 7.05 Å². The summed E-state index contributed by atoms with van der Waals surface area (Å²) in [5.41, 5.74) is 3.25. The maximum Gasteiger partial charge on any atom is 0.126 e. The Morgan fingerprint density at radius 2 is 1.78 bits per heavy atom. The first-order chi connectivity index (χ1) is 8.38. The lowest BCUT2D eigenvalue weighted by Gasteiger charge is -2.34. The summed E-state index contributed by atoms with van der Waals surface area (Å²) in [6.07, 6.45) is 0. The summed E-state index contributed by atoms with van der Waals surface area (Å²) < 4.78 is 11.2. The molecule has 102 valence electrons. The van der Waals surface area contributed by atoms with Crippen LogP contribution in [0.1, 0.15) is 36.6 Å². The molecule has 1 atom stereocenters. The van der Waals surface area contributed by atoms with E-state index in [2.05, 4.69) is 45.1 Å². The van der Waals surface area contributed by atoms with Crippen molar-refractivity contribution >= 4 is 0 Å². The van der Waals surface area contributed by atoms with Crippen LogP contribution in [0.5, 0.6) is 5.75 Å². The van der Waals surface area contributed by atoms with Crippen LogP contribution in [0.15, 0.2) is 12.1 Å². The van der Waals surface area contributed by atoms with Gasteiger partial charge in [-0.3, -0.25) is 0 Å². The fourth-order valence-electron chi connectivity index (χ4n) is 2.30. The largest absolute Gasteiger partial charge is 0.496 e. The van der Waals surface area contributed by atoms with Crippen LogP contribution in [0.25, 0.3) is 0 Å². The van der Waals surface area contributed by atoms with E-state index in [1.54, 1.807) is 14.2 Å². The lowest BCUT2D eigenvalue weighted by Crippen LogP contribution is -2.39. The van der Waals surface area contributed by atoms with Gasteiger partial charge in [0.1, 0.15) is 5.75 Å². The lowest BCUT2D eigenvalue weighted by atomic mass is 9.89. The van der Waals surface area contributed by atoms with Crippen molar-refractivity contribution < 1.29 is 9.47 Å². The van der Waals surface area contributed by atoms with Crippen molar-refractivity contribution in [3.63, 3.8) is 0 Å². The monoisotopic (exact) mass is 251 g/mol. The Morgan fingerprint density at radius 3 is 2.22 bits per heavy atom. The highest BCUT2D eigenvalue weighted by atomic mass is 16.5. The highest BCUT2D eigenvalue weighted by Gasteiger charge is 2.32. The van der Waals surface area contributed by atoms with E-state index >= 15 is 0 Å². The van der Waals surface area contributed by atoms with Gasteiger partial charge in [-0.15, -0.1) is 0 Å². The van der Waals surface area contributed by atoms with Crippen molar-refractivity contribution in [1.82, 2.24) is 5.32 Å². The molecule has 1 aromatic rings. The first kappa shape index (κ1) is 15.0. The predicted octanol–water partition coefficient (Wildman–Crippen LogP) is 3.00. The van der Waals surface area contributed by atoms with Gasteiger partial charge in [-0.25, -0.2) is 0 Å². The van der Waals surface area contributed by atoms with Crippen molar-refractivity contribution in [3.8, 4) is 5.75 Å². The summed E-state index contributed by atoms with van der Waals surface area (Å²) in [5, 5.41) is 3.33. The van der Waals surface area contributed by atoms with Crippen LogP contribution < -0.4 is 10.1 Å². The molecule has 1 aromatic carbocycles. The number of aryl methyl sites for hydroxylation is 1. The zero-order valence-corrected chi connectivity index (χ0v) is 12.5. The minimum Gasteiger partial charge on any atom is -0.496 e. The third-order valence-corrected chi connectivity index (χ3v) is 3.73. The van der Waals surface area contributed by atoms with Gasteiger partial charge in [-0.2, -0.15) is 0 Å². The van der Waals surface area contributed by atoms with Gasteiger partial charge in [0.2, 0.25) is 0 Å². The Balaban J connectivity index is 3.35. The van der Waals surface area contributed by atoms with E-state index in [1.165, 1.54) is 11.1 Å². The van der Waals surface area contributed by atoms with Crippen molar-refractivity contribution in [2.45, 2.75) is 39.3 Å². The minimum atomic E-state index is -0.302. The first-order valence-corrected chi connectivity index (χ1v) is 6.25. The second-order valence-corrected chi connectivity index (χ2v) is 5.16. The molecule has 0 heterocycles. The normalized spacial score (nSPS) is 13.5. The number of rotatable bonds is 5. The Hall–Kier alpha value is -1.06. The fourth-order valence-corrected chi connectivity index (χ4v) is 2.30. The molecule has 1 unspecified atom stereocenters. The van der Waals surface area contributed by atoms with Gasteiger partial charge in [0.25, 0.3) is 0 Å². The predicted molar refractivity (Wildman–Crippen MR) is 75.4 cm³/mol. The summed E-state index contributed by atoms with van der Waals surface area (Å²) >= 11 is 0. The minimum absolute atomic E-state index is 0.0803. The maximum absolute atomic E-state index is 5.60. The summed E-state index contributed by atoms with van der Waals surface area (Å²) in [6.45, 7) is 8.33. The van der Waals surface area contributed by atoms with E-state index in [9.17, 15) is 0 Å². The summed E-state index contributed by atoms with van der Waals surface area (Å²) in [4.78, 5) is 0. The molecule has 0 aliphatic carbocycles. The van der Waals surface area contributed by atoms with Gasteiger partial charge >= 0.3 is 0 Å². The smallest absolute Gasteiger partial charge is 0.126 e. The second kappa shape index (κ2) is 5.72. The Morgan fingerprint density at radius 1 is 1.17 bits per heavy atom. The van der Waals surface area contributed by atoms with Crippen LogP contribution in [0.2, 0.25) is 0 Å². The number of methoxy groups -OCH3 is 2. The maximum atomic E-state index is 5.60. The topological polar surface area (TPSA) is 30.5 Å². The summed E-state index contributed by atoms with van der Waals surface area (Å²) in [6, 6.07) is 4.32. The summed E-state index contributed by atoms with van der Waals surface area (Å²) in [7, 11) is 5.40. The standard InChI is InChI=1S/C15H25NO2/c1-10-8-9-12(13(17-6)11(10)2)14(16-5)15(3,4)18-7/h8-9,14,16H,1-7H3. The average molecular weight is 251 g/mol. The third-order valence-electron chi connectivity index (χ3n) is 3.73. The number of benzene rings is 1. The van der Waals surface area contributed by atoms with Gasteiger partial charge in [-0.05, 0) is 45.9 Å². The molecule has 0 aliphatic heterocycles. The van der Waals surface area contributed by atoms with Crippen molar-refractivity contribution in [2.75, 3.05) is 21.3 Å². The number of nitrogens with one attached hydrogen (secondary N) is 1. The molecule has 0 bridgehead atoms. The summed E-state index contributed by atoms with van der Waals surface area (Å²) in [5.74, 6) is 0.944. The van der Waals surface area contributed by atoms with E-state index in [0.717, 1.165) is 11.3 Å². The Bertz CT molecular complexity index is 413. The van der Waals surface area contributed by atoms with Gasteiger partial charge in [0.15, 0.2) is 0 Å².